The monoisotopic (exact) mass is 406 g/mol. The van der Waals surface area contributed by atoms with Gasteiger partial charge >= 0.3 is 0 Å². The summed E-state index contributed by atoms with van der Waals surface area (Å²) in [6.07, 6.45) is 0. The summed E-state index contributed by atoms with van der Waals surface area (Å²) < 4.78 is 0. The summed E-state index contributed by atoms with van der Waals surface area (Å²) >= 11 is 2.95. The van der Waals surface area contributed by atoms with Gasteiger partial charge in [0.2, 0.25) is 11.1 Å². The third kappa shape index (κ3) is 4.49. The molecule has 0 aliphatic rings. The van der Waals surface area contributed by atoms with Crippen molar-refractivity contribution in [1.82, 2.24) is 20.5 Å². The molecule has 2 N–H and O–H groups in total. The lowest BCUT2D eigenvalue weighted by Gasteiger charge is -2.17. The number of thiophene rings is 1. The Morgan fingerprint density at radius 1 is 1.04 bits per heavy atom. The predicted molar refractivity (Wildman–Crippen MR) is 113 cm³/mol. The molecule has 2 aromatic heterocycles. The summed E-state index contributed by atoms with van der Waals surface area (Å²) in [5, 5.41) is 12.8. The van der Waals surface area contributed by atoms with Crippen molar-refractivity contribution in [2.24, 2.45) is 0 Å². The number of benzene rings is 2. The van der Waals surface area contributed by atoms with Gasteiger partial charge in [-0.05, 0) is 17.0 Å². The van der Waals surface area contributed by atoms with Crippen LogP contribution in [0.15, 0.2) is 83.3 Å². The SMILES string of the molecule is O=C(CSc1n[nH]c(-c2ccccc2)n1)NC(c1ccccc1)c1cccs1. The molecule has 2 aromatic carbocycles. The summed E-state index contributed by atoms with van der Waals surface area (Å²) in [6.45, 7) is 0. The first-order valence-corrected chi connectivity index (χ1v) is 10.6. The van der Waals surface area contributed by atoms with E-state index in [1.54, 1.807) is 11.3 Å². The predicted octanol–water partition coefficient (Wildman–Crippen LogP) is 4.53. The van der Waals surface area contributed by atoms with E-state index in [4.69, 9.17) is 0 Å². The highest BCUT2D eigenvalue weighted by Gasteiger charge is 2.18. The fourth-order valence-electron chi connectivity index (χ4n) is 2.79. The summed E-state index contributed by atoms with van der Waals surface area (Å²) in [7, 11) is 0. The first-order valence-electron chi connectivity index (χ1n) is 8.78. The normalized spacial score (nSPS) is 11.9. The lowest BCUT2D eigenvalue weighted by Crippen LogP contribution is -2.30. The number of amides is 1. The van der Waals surface area contributed by atoms with Crippen LogP contribution in [0.3, 0.4) is 0 Å². The number of nitrogens with one attached hydrogen (secondary N) is 2. The quantitative estimate of drug-likeness (QED) is 0.442. The summed E-state index contributed by atoms with van der Waals surface area (Å²) in [4.78, 5) is 18.1. The van der Waals surface area contributed by atoms with Gasteiger partial charge in [0.25, 0.3) is 0 Å². The van der Waals surface area contributed by atoms with E-state index in [0.29, 0.717) is 11.0 Å². The highest BCUT2D eigenvalue weighted by Crippen LogP contribution is 2.26. The van der Waals surface area contributed by atoms with Gasteiger partial charge in [0, 0.05) is 10.4 Å². The summed E-state index contributed by atoms with van der Waals surface area (Å²) in [6, 6.07) is 23.7. The van der Waals surface area contributed by atoms with Crippen molar-refractivity contribution in [3.8, 4) is 11.4 Å². The van der Waals surface area contributed by atoms with Crippen molar-refractivity contribution in [1.29, 1.82) is 0 Å². The minimum Gasteiger partial charge on any atom is -0.344 e. The fourth-order valence-corrected chi connectivity index (χ4v) is 4.20. The Kier molecular flexibility index (Phi) is 5.84. The van der Waals surface area contributed by atoms with Crippen LogP contribution in [0.25, 0.3) is 11.4 Å². The average Bonchev–Trinajstić information content (AvgIpc) is 3.44. The minimum absolute atomic E-state index is 0.0571. The van der Waals surface area contributed by atoms with Crippen LogP contribution in [0.1, 0.15) is 16.5 Å². The molecule has 28 heavy (non-hydrogen) atoms. The smallest absolute Gasteiger partial charge is 0.231 e. The Morgan fingerprint density at radius 2 is 1.79 bits per heavy atom. The van der Waals surface area contributed by atoms with Gasteiger partial charge in [-0.3, -0.25) is 9.89 Å². The van der Waals surface area contributed by atoms with Crippen LogP contribution in [0, 0.1) is 0 Å². The van der Waals surface area contributed by atoms with E-state index >= 15 is 0 Å². The van der Waals surface area contributed by atoms with Crippen molar-refractivity contribution in [3.63, 3.8) is 0 Å². The van der Waals surface area contributed by atoms with Crippen LogP contribution >= 0.6 is 23.1 Å². The molecule has 0 saturated carbocycles. The average molecular weight is 407 g/mol. The number of thioether (sulfide) groups is 1. The van der Waals surface area contributed by atoms with E-state index in [2.05, 4.69) is 20.5 Å². The molecule has 2 heterocycles. The molecule has 0 bridgehead atoms. The van der Waals surface area contributed by atoms with Gasteiger partial charge in [0.05, 0.1) is 11.8 Å². The zero-order valence-electron chi connectivity index (χ0n) is 14.9. The van der Waals surface area contributed by atoms with Gasteiger partial charge in [-0.2, -0.15) is 0 Å². The number of hydrogen-bond acceptors (Lipinski definition) is 5. The highest BCUT2D eigenvalue weighted by molar-refractivity contribution is 7.99. The molecule has 4 aromatic rings. The van der Waals surface area contributed by atoms with Gasteiger partial charge in [0.15, 0.2) is 5.82 Å². The Morgan fingerprint density at radius 3 is 2.50 bits per heavy atom. The van der Waals surface area contributed by atoms with Crippen molar-refractivity contribution >= 4 is 29.0 Å². The van der Waals surface area contributed by atoms with Gasteiger partial charge in [-0.15, -0.1) is 16.4 Å². The highest BCUT2D eigenvalue weighted by atomic mass is 32.2. The minimum atomic E-state index is -0.152. The molecule has 0 aliphatic carbocycles. The maximum absolute atomic E-state index is 12.6. The second kappa shape index (κ2) is 8.86. The Labute approximate surface area is 171 Å². The maximum Gasteiger partial charge on any atom is 0.231 e. The zero-order chi connectivity index (χ0) is 19.2. The molecule has 140 valence electrons. The lowest BCUT2D eigenvalue weighted by atomic mass is 10.1. The van der Waals surface area contributed by atoms with Crippen molar-refractivity contribution in [2.45, 2.75) is 11.2 Å². The standard InChI is InChI=1S/C21H18N4OS2/c26-18(14-28-21-23-20(24-25-21)16-10-5-2-6-11-16)22-19(17-12-7-13-27-17)15-8-3-1-4-9-15/h1-13,19H,14H2,(H,22,26)(H,23,24,25). The van der Waals surface area contributed by atoms with Crippen LogP contribution in [-0.4, -0.2) is 26.8 Å². The molecule has 1 unspecified atom stereocenters. The largest absolute Gasteiger partial charge is 0.344 e. The van der Waals surface area contributed by atoms with Gasteiger partial charge < -0.3 is 5.32 Å². The molecule has 0 spiro atoms. The van der Waals surface area contributed by atoms with Crippen LogP contribution in [0.2, 0.25) is 0 Å². The van der Waals surface area contributed by atoms with Crippen LogP contribution < -0.4 is 5.32 Å². The molecule has 5 nitrogen and oxygen atoms in total. The number of nitrogens with zero attached hydrogens (tertiary/aromatic N) is 2. The maximum atomic E-state index is 12.6. The van der Waals surface area contributed by atoms with Crippen LogP contribution in [0.4, 0.5) is 0 Å². The van der Waals surface area contributed by atoms with E-state index in [-0.39, 0.29) is 17.7 Å². The summed E-state index contributed by atoms with van der Waals surface area (Å²) in [5.74, 6) is 0.892. The van der Waals surface area contributed by atoms with Crippen molar-refractivity contribution < 1.29 is 4.79 Å². The molecule has 1 amide bonds. The molecular weight excluding hydrogens is 388 g/mol. The first-order chi connectivity index (χ1) is 13.8. The van der Waals surface area contributed by atoms with E-state index in [0.717, 1.165) is 16.0 Å². The van der Waals surface area contributed by atoms with Gasteiger partial charge in [-0.1, -0.05) is 78.5 Å². The molecule has 0 radical (unpaired) electrons. The number of hydrogen-bond donors (Lipinski definition) is 2. The number of H-pyrrole nitrogens is 1. The number of carbonyl (C=O) groups is 1. The Bertz CT molecular complexity index is 1020. The van der Waals surface area contributed by atoms with E-state index < -0.39 is 0 Å². The third-order valence-corrected chi connectivity index (χ3v) is 5.89. The van der Waals surface area contributed by atoms with Crippen LogP contribution in [0.5, 0.6) is 0 Å². The molecular formula is C21H18N4OS2. The number of rotatable bonds is 7. The van der Waals surface area contributed by atoms with Gasteiger partial charge in [0.1, 0.15) is 0 Å². The Balaban J connectivity index is 1.40. The number of aromatic amines is 1. The second-order valence-corrected chi connectivity index (χ2v) is 7.97. The molecule has 0 fully saturated rings. The molecule has 4 rings (SSSR count). The number of carbonyl (C=O) groups excluding carboxylic acids is 1. The van der Waals surface area contributed by atoms with Crippen molar-refractivity contribution in [3.05, 3.63) is 88.6 Å². The zero-order valence-corrected chi connectivity index (χ0v) is 16.5. The van der Waals surface area contributed by atoms with Gasteiger partial charge in [-0.25, -0.2) is 4.98 Å². The Hall–Kier alpha value is -2.90. The third-order valence-electron chi connectivity index (χ3n) is 4.11. The lowest BCUT2D eigenvalue weighted by molar-refractivity contribution is -0.119. The molecule has 0 saturated heterocycles. The number of aromatic nitrogens is 3. The molecule has 7 heteroatoms. The first kappa shape index (κ1) is 18.5. The van der Waals surface area contributed by atoms with Crippen molar-refractivity contribution in [2.75, 3.05) is 5.75 Å². The summed E-state index contributed by atoms with van der Waals surface area (Å²) in [5.41, 5.74) is 2.03. The van der Waals surface area contributed by atoms with Crippen LogP contribution in [-0.2, 0) is 4.79 Å². The topological polar surface area (TPSA) is 70.7 Å². The fraction of sp³-hybridized carbons (Fsp3) is 0.0952. The molecule has 0 aliphatic heterocycles. The van der Waals surface area contributed by atoms with E-state index in [1.807, 2.05) is 78.2 Å². The van der Waals surface area contributed by atoms with E-state index in [9.17, 15) is 4.79 Å². The second-order valence-electron chi connectivity index (χ2n) is 6.05. The van der Waals surface area contributed by atoms with E-state index in [1.165, 1.54) is 11.8 Å². The molecule has 1 atom stereocenters.